The van der Waals surface area contributed by atoms with Crippen molar-refractivity contribution in [3.63, 3.8) is 0 Å². The van der Waals surface area contributed by atoms with Crippen LogP contribution in [-0.4, -0.2) is 13.7 Å². The lowest BCUT2D eigenvalue weighted by Crippen LogP contribution is -2.18. The van der Waals surface area contributed by atoms with Gasteiger partial charge in [-0.3, -0.25) is 0 Å². The van der Waals surface area contributed by atoms with Gasteiger partial charge < -0.3 is 14.5 Å². The molecule has 0 fully saturated rings. The smallest absolute Gasteiger partial charge is 0.176 e. The fourth-order valence-electron chi connectivity index (χ4n) is 2.08. The monoisotopic (exact) mass is 259 g/mol. The summed E-state index contributed by atoms with van der Waals surface area (Å²) >= 11 is 0. The molecule has 1 N–H and O–H groups in total. The van der Waals surface area contributed by atoms with Crippen molar-refractivity contribution in [2.24, 2.45) is 0 Å². The average Bonchev–Trinajstić information content (AvgIpc) is 2.87. The first-order valence-corrected chi connectivity index (χ1v) is 6.67. The number of fused-ring (bicyclic) bond motifs is 1. The van der Waals surface area contributed by atoms with E-state index in [1.165, 1.54) is 0 Å². The van der Waals surface area contributed by atoms with E-state index in [1.54, 1.807) is 7.11 Å². The highest BCUT2D eigenvalue weighted by atomic mass is 16.5. The summed E-state index contributed by atoms with van der Waals surface area (Å²) < 4.78 is 11.2. The van der Waals surface area contributed by atoms with Gasteiger partial charge in [0, 0.05) is 5.39 Å². The number of hydrogen-bond acceptors (Lipinski definition) is 3. The zero-order chi connectivity index (χ0) is 13.7. The number of furan rings is 1. The molecule has 0 spiro atoms. The van der Waals surface area contributed by atoms with Gasteiger partial charge in [0.05, 0.1) is 13.2 Å². The van der Waals surface area contributed by atoms with E-state index in [2.05, 4.69) is 30.5 Å². The first-order valence-electron chi connectivity index (χ1n) is 6.67. The van der Waals surface area contributed by atoms with E-state index in [4.69, 9.17) is 9.15 Å². The van der Waals surface area contributed by atoms with Crippen molar-refractivity contribution in [2.45, 2.75) is 26.3 Å². The van der Waals surface area contributed by atoms with Crippen LogP contribution < -0.4 is 10.1 Å². The van der Waals surface area contributed by atoms with Crippen LogP contribution in [0.25, 0.3) is 11.0 Å². The molecule has 2 aromatic rings. The second-order valence-corrected chi connectivity index (χ2v) is 4.56. The summed E-state index contributed by atoms with van der Waals surface area (Å²) in [6, 6.07) is 8.20. The van der Waals surface area contributed by atoms with E-state index in [-0.39, 0.29) is 6.04 Å². The number of benzene rings is 1. The Morgan fingerprint density at radius 2 is 2.26 bits per heavy atom. The van der Waals surface area contributed by atoms with E-state index in [1.807, 2.05) is 25.1 Å². The molecule has 0 saturated heterocycles. The number of allylic oxidation sites excluding steroid dienone is 1. The van der Waals surface area contributed by atoms with Crippen molar-refractivity contribution < 1.29 is 9.15 Å². The van der Waals surface area contributed by atoms with E-state index in [0.717, 1.165) is 35.4 Å². The van der Waals surface area contributed by atoms with Crippen LogP contribution in [0.15, 0.2) is 40.8 Å². The number of methoxy groups -OCH3 is 1. The minimum Gasteiger partial charge on any atom is -0.493 e. The molecular formula is C16H21NO2. The van der Waals surface area contributed by atoms with Crippen molar-refractivity contribution >= 4 is 11.0 Å². The van der Waals surface area contributed by atoms with Gasteiger partial charge in [-0.05, 0) is 38.9 Å². The van der Waals surface area contributed by atoms with Crippen LogP contribution in [0.4, 0.5) is 0 Å². The Balaban J connectivity index is 2.12. The second-order valence-electron chi connectivity index (χ2n) is 4.56. The third-order valence-electron chi connectivity index (χ3n) is 3.17. The molecule has 0 aliphatic rings. The van der Waals surface area contributed by atoms with Crippen molar-refractivity contribution in [3.05, 3.63) is 42.2 Å². The van der Waals surface area contributed by atoms with Crippen molar-refractivity contribution in [1.29, 1.82) is 0 Å². The van der Waals surface area contributed by atoms with Gasteiger partial charge >= 0.3 is 0 Å². The number of rotatable bonds is 6. The maximum absolute atomic E-state index is 5.90. The Kier molecular flexibility index (Phi) is 4.63. The summed E-state index contributed by atoms with van der Waals surface area (Å²) in [7, 11) is 1.66. The normalized spacial score (nSPS) is 13.2. The van der Waals surface area contributed by atoms with Crippen molar-refractivity contribution in [3.8, 4) is 5.75 Å². The van der Waals surface area contributed by atoms with Gasteiger partial charge in [-0.2, -0.15) is 0 Å². The van der Waals surface area contributed by atoms with Crippen LogP contribution >= 0.6 is 0 Å². The molecule has 1 heterocycles. The zero-order valence-electron chi connectivity index (χ0n) is 11.8. The lowest BCUT2D eigenvalue weighted by molar-refractivity contribution is 0.400. The van der Waals surface area contributed by atoms with Crippen LogP contribution in [-0.2, 0) is 0 Å². The number of para-hydroxylation sites is 1. The molecule has 0 saturated carbocycles. The van der Waals surface area contributed by atoms with Gasteiger partial charge in [0.2, 0.25) is 0 Å². The molecule has 102 valence electrons. The quantitative estimate of drug-likeness (QED) is 0.627. The molecule has 1 aromatic carbocycles. The lowest BCUT2D eigenvalue weighted by atomic mass is 10.2. The number of nitrogens with one attached hydrogen (secondary N) is 1. The molecule has 1 aromatic heterocycles. The summed E-state index contributed by atoms with van der Waals surface area (Å²) in [5.74, 6) is 1.73. The van der Waals surface area contributed by atoms with Crippen LogP contribution in [0.3, 0.4) is 0 Å². The Morgan fingerprint density at radius 1 is 1.42 bits per heavy atom. The van der Waals surface area contributed by atoms with Crippen LogP contribution in [0.2, 0.25) is 0 Å². The predicted octanol–water partition coefficient (Wildman–Crippen LogP) is 4.06. The third kappa shape index (κ3) is 3.18. The van der Waals surface area contributed by atoms with Crippen LogP contribution in [0, 0.1) is 0 Å². The molecule has 1 atom stereocenters. The van der Waals surface area contributed by atoms with E-state index in [0.29, 0.717) is 0 Å². The van der Waals surface area contributed by atoms with Gasteiger partial charge in [-0.1, -0.05) is 24.3 Å². The fraction of sp³-hybridized carbons (Fsp3) is 0.375. The SMILES string of the molecule is C/C=C/CCNC(C)c1cc2cccc(OC)c2o1. The molecule has 3 nitrogen and oxygen atoms in total. The lowest BCUT2D eigenvalue weighted by Gasteiger charge is -2.09. The summed E-state index contributed by atoms with van der Waals surface area (Å²) in [5.41, 5.74) is 0.821. The molecular weight excluding hydrogens is 238 g/mol. The second kappa shape index (κ2) is 6.43. The van der Waals surface area contributed by atoms with E-state index < -0.39 is 0 Å². The Labute approximate surface area is 114 Å². The van der Waals surface area contributed by atoms with Gasteiger partial charge in [0.1, 0.15) is 5.76 Å². The van der Waals surface area contributed by atoms with Gasteiger partial charge in [0.25, 0.3) is 0 Å². The molecule has 2 rings (SSSR count). The highest BCUT2D eigenvalue weighted by Gasteiger charge is 2.13. The summed E-state index contributed by atoms with van der Waals surface area (Å²) in [6.07, 6.45) is 5.25. The number of hydrogen-bond donors (Lipinski definition) is 1. The molecule has 0 radical (unpaired) electrons. The first-order chi connectivity index (χ1) is 9.26. The minimum absolute atomic E-state index is 0.197. The van der Waals surface area contributed by atoms with Crippen molar-refractivity contribution in [1.82, 2.24) is 5.32 Å². The zero-order valence-corrected chi connectivity index (χ0v) is 11.8. The Morgan fingerprint density at radius 3 is 3.00 bits per heavy atom. The van der Waals surface area contributed by atoms with Crippen LogP contribution in [0.5, 0.6) is 5.75 Å². The van der Waals surface area contributed by atoms with Crippen molar-refractivity contribution in [2.75, 3.05) is 13.7 Å². The topological polar surface area (TPSA) is 34.4 Å². The number of ether oxygens (including phenoxy) is 1. The highest BCUT2D eigenvalue weighted by Crippen LogP contribution is 2.30. The molecule has 3 heteroatoms. The first kappa shape index (κ1) is 13.7. The largest absolute Gasteiger partial charge is 0.493 e. The third-order valence-corrected chi connectivity index (χ3v) is 3.17. The molecule has 0 bridgehead atoms. The maximum Gasteiger partial charge on any atom is 0.176 e. The molecule has 0 aliphatic carbocycles. The average molecular weight is 259 g/mol. The van der Waals surface area contributed by atoms with Gasteiger partial charge in [-0.15, -0.1) is 0 Å². The Hall–Kier alpha value is -1.74. The summed E-state index contributed by atoms with van der Waals surface area (Å²) in [5, 5.41) is 4.53. The molecule has 0 amide bonds. The van der Waals surface area contributed by atoms with E-state index >= 15 is 0 Å². The van der Waals surface area contributed by atoms with Gasteiger partial charge in [0.15, 0.2) is 11.3 Å². The standard InChI is InChI=1S/C16H21NO2/c1-4-5-6-10-17-12(2)15-11-13-8-7-9-14(18-3)16(13)19-15/h4-5,7-9,11-12,17H,6,10H2,1-3H3/b5-4+. The minimum atomic E-state index is 0.197. The highest BCUT2D eigenvalue weighted by molar-refractivity contribution is 5.83. The molecule has 0 aliphatic heterocycles. The fourth-order valence-corrected chi connectivity index (χ4v) is 2.08. The molecule has 19 heavy (non-hydrogen) atoms. The predicted molar refractivity (Wildman–Crippen MR) is 78.6 cm³/mol. The van der Waals surface area contributed by atoms with E-state index in [9.17, 15) is 0 Å². The molecule has 1 unspecified atom stereocenters. The summed E-state index contributed by atoms with van der Waals surface area (Å²) in [4.78, 5) is 0. The maximum atomic E-state index is 5.90. The van der Waals surface area contributed by atoms with Crippen LogP contribution in [0.1, 0.15) is 32.1 Å². The summed E-state index contributed by atoms with van der Waals surface area (Å²) in [6.45, 7) is 5.09. The van der Waals surface area contributed by atoms with Gasteiger partial charge in [-0.25, -0.2) is 0 Å². The Bertz CT molecular complexity index is 557.